The molecule has 0 aliphatic heterocycles. The Balaban J connectivity index is 2.78. The van der Waals surface area contributed by atoms with Crippen molar-refractivity contribution in [1.82, 2.24) is 9.80 Å². The summed E-state index contributed by atoms with van der Waals surface area (Å²) in [6.45, 7) is 3.46. The Hall–Kier alpha value is -2.37. The number of carbonyl (C=O) groups is 3. The molecule has 0 unspecified atom stereocenters. The zero-order valence-electron chi connectivity index (χ0n) is 13.2. The maximum absolute atomic E-state index is 12.3. The lowest BCUT2D eigenvalue weighted by Crippen LogP contribution is -2.42. The van der Waals surface area contributed by atoms with Crippen LogP contribution in [0.5, 0.6) is 0 Å². The van der Waals surface area contributed by atoms with E-state index in [1.165, 1.54) is 16.7 Å². The number of hydrogen-bond donors (Lipinski definition) is 0. The van der Waals surface area contributed by atoms with Gasteiger partial charge in [-0.3, -0.25) is 14.4 Å². The van der Waals surface area contributed by atoms with Gasteiger partial charge in [0.05, 0.1) is 13.2 Å². The van der Waals surface area contributed by atoms with Gasteiger partial charge in [0, 0.05) is 20.5 Å². The molecule has 2 amide bonds. The summed E-state index contributed by atoms with van der Waals surface area (Å²) < 4.78 is 4.90. The SMILES string of the molecule is CCOC(=O)CN(Cc1ccccc1)C(=O)CN(C)C(C)=O. The van der Waals surface area contributed by atoms with Gasteiger partial charge in [-0.1, -0.05) is 30.3 Å². The van der Waals surface area contributed by atoms with Crippen LogP contribution < -0.4 is 0 Å². The molecule has 0 spiro atoms. The summed E-state index contributed by atoms with van der Waals surface area (Å²) in [5, 5.41) is 0. The summed E-state index contributed by atoms with van der Waals surface area (Å²) in [4.78, 5) is 38.0. The van der Waals surface area contributed by atoms with Crippen molar-refractivity contribution in [3.05, 3.63) is 35.9 Å². The molecule has 1 aromatic rings. The van der Waals surface area contributed by atoms with E-state index in [0.717, 1.165) is 5.56 Å². The van der Waals surface area contributed by atoms with Crippen molar-refractivity contribution in [3.63, 3.8) is 0 Å². The molecule has 0 saturated carbocycles. The molecule has 120 valence electrons. The van der Waals surface area contributed by atoms with Gasteiger partial charge in [0.25, 0.3) is 0 Å². The van der Waals surface area contributed by atoms with Crippen LogP contribution in [0.4, 0.5) is 0 Å². The number of rotatable bonds is 7. The van der Waals surface area contributed by atoms with Crippen LogP contribution in [0.25, 0.3) is 0 Å². The summed E-state index contributed by atoms with van der Waals surface area (Å²) in [5.74, 6) is -0.962. The first kappa shape index (κ1) is 17.7. The number of amides is 2. The Morgan fingerprint density at radius 2 is 1.73 bits per heavy atom. The lowest BCUT2D eigenvalue weighted by Gasteiger charge is -2.24. The first-order valence-electron chi connectivity index (χ1n) is 7.13. The summed E-state index contributed by atoms with van der Waals surface area (Å²) in [5.41, 5.74) is 0.908. The molecule has 0 fully saturated rings. The maximum atomic E-state index is 12.3. The molecule has 0 bridgehead atoms. The number of benzene rings is 1. The molecule has 6 nitrogen and oxygen atoms in total. The number of hydrogen-bond acceptors (Lipinski definition) is 4. The van der Waals surface area contributed by atoms with E-state index in [2.05, 4.69) is 0 Å². The number of ether oxygens (including phenoxy) is 1. The highest BCUT2D eigenvalue weighted by Gasteiger charge is 2.20. The van der Waals surface area contributed by atoms with Gasteiger partial charge in [0.15, 0.2) is 0 Å². The molecule has 1 rings (SSSR count). The third-order valence-corrected chi connectivity index (χ3v) is 3.10. The highest BCUT2D eigenvalue weighted by molar-refractivity contribution is 5.86. The van der Waals surface area contributed by atoms with Gasteiger partial charge in [-0.15, -0.1) is 0 Å². The Bertz CT molecular complexity index is 516. The summed E-state index contributed by atoms with van der Waals surface area (Å²) in [7, 11) is 1.55. The van der Waals surface area contributed by atoms with Crippen molar-refractivity contribution in [1.29, 1.82) is 0 Å². The van der Waals surface area contributed by atoms with Crippen molar-refractivity contribution in [2.24, 2.45) is 0 Å². The standard InChI is InChI=1S/C16H22N2O4/c1-4-22-16(21)12-18(10-14-8-6-5-7-9-14)15(20)11-17(3)13(2)19/h5-9H,4,10-12H2,1-3H3. The highest BCUT2D eigenvalue weighted by Crippen LogP contribution is 2.06. The summed E-state index contributed by atoms with van der Waals surface area (Å²) >= 11 is 0. The Labute approximate surface area is 130 Å². The molecule has 0 saturated heterocycles. The minimum Gasteiger partial charge on any atom is -0.465 e. The van der Waals surface area contributed by atoms with Crippen LogP contribution in [-0.4, -0.2) is 54.3 Å². The summed E-state index contributed by atoms with van der Waals surface area (Å²) in [6.07, 6.45) is 0. The average Bonchev–Trinajstić information content (AvgIpc) is 2.47. The zero-order valence-corrected chi connectivity index (χ0v) is 13.2. The van der Waals surface area contributed by atoms with E-state index in [1.807, 2.05) is 30.3 Å². The maximum Gasteiger partial charge on any atom is 0.325 e. The minimum atomic E-state index is -0.461. The molecular formula is C16H22N2O4. The predicted octanol–water partition coefficient (Wildman–Crippen LogP) is 1.06. The minimum absolute atomic E-state index is 0.0679. The second kappa shape index (κ2) is 8.81. The summed E-state index contributed by atoms with van der Waals surface area (Å²) in [6, 6.07) is 9.36. The monoisotopic (exact) mass is 306 g/mol. The van der Waals surface area contributed by atoms with E-state index in [1.54, 1.807) is 14.0 Å². The van der Waals surface area contributed by atoms with Gasteiger partial charge in [-0.2, -0.15) is 0 Å². The van der Waals surface area contributed by atoms with Crippen LogP contribution in [0.3, 0.4) is 0 Å². The van der Waals surface area contributed by atoms with Crippen LogP contribution in [0, 0.1) is 0 Å². The van der Waals surface area contributed by atoms with Crippen molar-refractivity contribution < 1.29 is 19.1 Å². The van der Waals surface area contributed by atoms with Crippen molar-refractivity contribution in [3.8, 4) is 0 Å². The third-order valence-electron chi connectivity index (χ3n) is 3.10. The quantitative estimate of drug-likeness (QED) is 0.706. The molecule has 0 aromatic heterocycles. The molecule has 0 N–H and O–H groups in total. The smallest absolute Gasteiger partial charge is 0.325 e. The Kier molecular flexibility index (Phi) is 7.08. The fraction of sp³-hybridized carbons (Fsp3) is 0.438. The number of nitrogens with zero attached hydrogens (tertiary/aromatic N) is 2. The fourth-order valence-electron chi connectivity index (χ4n) is 1.81. The van der Waals surface area contributed by atoms with E-state index < -0.39 is 5.97 Å². The highest BCUT2D eigenvalue weighted by atomic mass is 16.5. The first-order chi connectivity index (χ1) is 10.4. The van der Waals surface area contributed by atoms with E-state index in [9.17, 15) is 14.4 Å². The van der Waals surface area contributed by atoms with Gasteiger partial charge < -0.3 is 14.5 Å². The molecule has 0 radical (unpaired) electrons. The molecule has 6 heteroatoms. The molecule has 0 atom stereocenters. The average molecular weight is 306 g/mol. The third kappa shape index (κ3) is 5.95. The Morgan fingerprint density at radius 3 is 2.27 bits per heavy atom. The van der Waals surface area contributed by atoms with Crippen LogP contribution in [-0.2, 0) is 25.7 Å². The molecule has 0 aliphatic carbocycles. The second-order valence-electron chi connectivity index (χ2n) is 4.92. The van der Waals surface area contributed by atoms with E-state index in [-0.39, 0.29) is 31.5 Å². The van der Waals surface area contributed by atoms with Crippen LogP contribution in [0.1, 0.15) is 19.4 Å². The molecular weight excluding hydrogens is 284 g/mol. The lowest BCUT2D eigenvalue weighted by molar-refractivity contribution is -0.150. The number of likely N-dealkylation sites (N-methyl/N-ethyl adjacent to an activating group) is 1. The number of esters is 1. The fourth-order valence-corrected chi connectivity index (χ4v) is 1.81. The van der Waals surface area contributed by atoms with Crippen LogP contribution >= 0.6 is 0 Å². The largest absolute Gasteiger partial charge is 0.465 e. The van der Waals surface area contributed by atoms with Crippen molar-refractivity contribution >= 4 is 17.8 Å². The van der Waals surface area contributed by atoms with Gasteiger partial charge in [-0.05, 0) is 12.5 Å². The van der Waals surface area contributed by atoms with Gasteiger partial charge >= 0.3 is 5.97 Å². The zero-order chi connectivity index (χ0) is 16.5. The number of carbonyl (C=O) groups excluding carboxylic acids is 3. The van der Waals surface area contributed by atoms with Crippen LogP contribution in [0.15, 0.2) is 30.3 Å². The van der Waals surface area contributed by atoms with Gasteiger partial charge in [0.1, 0.15) is 6.54 Å². The van der Waals surface area contributed by atoms with Crippen molar-refractivity contribution in [2.75, 3.05) is 26.7 Å². The molecule has 0 heterocycles. The predicted molar refractivity (Wildman–Crippen MR) is 81.8 cm³/mol. The van der Waals surface area contributed by atoms with Crippen LogP contribution in [0.2, 0.25) is 0 Å². The van der Waals surface area contributed by atoms with Gasteiger partial charge in [0.2, 0.25) is 11.8 Å². The Morgan fingerprint density at radius 1 is 1.09 bits per heavy atom. The normalized spacial score (nSPS) is 9.95. The van der Waals surface area contributed by atoms with E-state index >= 15 is 0 Å². The van der Waals surface area contributed by atoms with E-state index in [0.29, 0.717) is 6.54 Å². The second-order valence-corrected chi connectivity index (χ2v) is 4.92. The van der Waals surface area contributed by atoms with E-state index in [4.69, 9.17) is 4.74 Å². The van der Waals surface area contributed by atoms with Gasteiger partial charge in [-0.25, -0.2) is 0 Å². The first-order valence-corrected chi connectivity index (χ1v) is 7.13. The molecule has 0 aliphatic rings. The van der Waals surface area contributed by atoms with Crippen molar-refractivity contribution in [2.45, 2.75) is 20.4 Å². The topological polar surface area (TPSA) is 66.9 Å². The lowest BCUT2D eigenvalue weighted by atomic mass is 10.2. The molecule has 1 aromatic carbocycles. The molecule has 22 heavy (non-hydrogen) atoms.